The Morgan fingerprint density at radius 3 is 2.56 bits per heavy atom. The number of halogens is 3. The fourth-order valence-electron chi connectivity index (χ4n) is 2.31. The number of hydrogen-bond acceptors (Lipinski definition) is 5. The van der Waals surface area contributed by atoms with Crippen molar-refractivity contribution in [3.8, 4) is 23.1 Å². The number of aryl methyl sites for hydroxylation is 1. The Hall–Kier alpha value is -2.80. The SMILES string of the molecule is Cn1cc(-c2nnc(SCC#N)n2-c2ccccc2)c(C(F)(F)F)n1. The molecule has 128 valence electrons. The van der Waals surface area contributed by atoms with Crippen LogP contribution < -0.4 is 0 Å². The molecule has 10 heteroatoms. The Bertz CT molecular complexity index is 923. The van der Waals surface area contributed by atoms with E-state index in [1.54, 1.807) is 30.3 Å². The van der Waals surface area contributed by atoms with Gasteiger partial charge in [0.25, 0.3) is 0 Å². The van der Waals surface area contributed by atoms with Crippen LogP contribution in [0.25, 0.3) is 17.1 Å². The van der Waals surface area contributed by atoms with Gasteiger partial charge in [-0.05, 0) is 12.1 Å². The zero-order chi connectivity index (χ0) is 18.0. The van der Waals surface area contributed by atoms with Crippen LogP contribution in [0.2, 0.25) is 0 Å². The van der Waals surface area contributed by atoms with Gasteiger partial charge in [-0.15, -0.1) is 10.2 Å². The Kier molecular flexibility index (Phi) is 4.50. The van der Waals surface area contributed by atoms with Crippen molar-refractivity contribution >= 4 is 11.8 Å². The average Bonchev–Trinajstić information content (AvgIpc) is 3.16. The second-order valence-electron chi connectivity index (χ2n) is 4.99. The monoisotopic (exact) mass is 364 g/mol. The van der Waals surface area contributed by atoms with E-state index in [0.29, 0.717) is 10.8 Å². The molecule has 0 aliphatic heterocycles. The molecule has 6 nitrogen and oxygen atoms in total. The molecular formula is C15H11F3N6S. The van der Waals surface area contributed by atoms with Crippen LogP contribution in [-0.2, 0) is 13.2 Å². The maximum atomic E-state index is 13.3. The summed E-state index contributed by atoms with van der Waals surface area (Å²) < 4.78 is 42.5. The van der Waals surface area contributed by atoms with Crippen LogP contribution in [0.1, 0.15) is 5.69 Å². The van der Waals surface area contributed by atoms with Gasteiger partial charge in [0.2, 0.25) is 0 Å². The smallest absolute Gasteiger partial charge is 0.274 e. The van der Waals surface area contributed by atoms with Gasteiger partial charge in [0.1, 0.15) is 0 Å². The average molecular weight is 364 g/mol. The number of benzene rings is 1. The number of nitrogens with zero attached hydrogens (tertiary/aromatic N) is 6. The highest BCUT2D eigenvalue weighted by atomic mass is 32.2. The minimum atomic E-state index is -4.62. The van der Waals surface area contributed by atoms with Crippen molar-refractivity contribution in [2.75, 3.05) is 5.75 Å². The Labute approximate surface area is 144 Å². The van der Waals surface area contributed by atoms with E-state index >= 15 is 0 Å². The Morgan fingerprint density at radius 1 is 1.20 bits per heavy atom. The number of para-hydroxylation sites is 1. The second kappa shape index (κ2) is 6.60. The van der Waals surface area contributed by atoms with E-state index in [1.165, 1.54) is 17.8 Å². The van der Waals surface area contributed by atoms with E-state index in [2.05, 4.69) is 15.3 Å². The van der Waals surface area contributed by atoms with Crippen LogP contribution in [0.4, 0.5) is 13.2 Å². The number of hydrogen-bond donors (Lipinski definition) is 0. The first-order chi connectivity index (χ1) is 11.9. The van der Waals surface area contributed by atoms with E-state index in [-0.39, 0.29) is 17.1 Å². The molecule has 3 aromatic rings. The molecular weight excluding hydrogens is 353 g/mol. The number of rotatable bonds is 4. The highest BCUT2D eigenvalue weighted by Crippen LogP contribution is 2.37. The second-order valence-corrected chi connectivity index (χ2v) is 5.93. The fourth-order valence-corrected chi connectivity index (χ4v) is 2.92. The zero-order valence-corrected chi connectivity index (χ0v) is 13.7. The minimum absolute atomic E-state index is 0.0204. The van der Waals surface area contributed by atoms with Crippen LogP contribution >= 0.6 is 11.8 Å². The van der Waals surface area contributed by atoms with Gasteiger partial charge in [-0.1, -0.05) is 30.0 Å². The van der Waals surface area contributed by atoms with Gasteiger partial charge in [-0.2, -0.15) is 23.5 Å². The predicted octanol–water partition coefficient (Wildman–Crippen LogP) is 3.30. The van der Waals surface area contributed by atoms with E-state index in [4.69, 9.17) is 5.26 Å². The quantitative estimate of drug-likeness (QED) is 0.664. The highest BCUT2D eigenvalue weighted by Gasteiger charge is 2.39. The number of alkyl halides is 3. The molecule has 0 N–H and O–H groups in total. The summed E-state index contributed by atoms with van der Waals surface area (Å²) in [5.41, 5.74) is -0.605. The molecule has 0 spiro atoms. The van der Waals surface area contributed by atoms with Gasteiger partial charge in [0.15, 0.2) is 16.7 Å². The van der Waals surface area contributed by atoms with Gasteiger partial charge in [-0.25, -0.2) is 0 Å². The van der Waals surface area contributed by atoms with Crippen LogP contribution in [0.15, 0.2) is 41.7 Å². The first kappa shape index (κ1) is 17.0. The zero-order valence-electron chi connectivity index (χ0n) is 12.9. The van der Waals surface area contributed by atoms with Crippen LogP contribution in [-0.4, -0.2) is 30.3 Å². The van der Waals surface area contributed by atoms with E-state index in [1.807, 2.05) is 6.07 Å². The summed E-state index contributed by atoms with van der Waals surface area (Å²) >= 11 is 1.10. The van der Waals surface area contributed by atoms with Gasteiger partial charge in [0.05, 0.1) is 17.4 Å². The molecule has 0 unspecified atom stereocenters. The topological polar surface area (TPSA) is 72.3 Å². The van der Waals surface area contributed by atoms with Gasteiger partial charge < -0.3 is 0 Å². The number of aromatic nitrogens is 5. The fraction of sp³-hybridized carbons (Fsp3) is 0.200. The lowest BCUT2D eigenvalue weighted by atomic mass is 10.2. The van der Waals surface area contributed by atoms with Crippen LogP contribution in [0.5, 0.6) is 0 Å². The van der Waals surface area contributed by atoms with Gasteiger partial charge in [-0.3, -0.25) is 9.25 Å². The lowest BCUT2D eigenvalue weighted by Crippen LogP contribution is -2.09. The summed E-state index contributed by atoms with van der Waals surface area (Å²) in [6.45, 7) is 0. The van der Waals surface area contributed by atoms with E-state index in [9.17, 15) is 13.2 Å². The lowest BCUT2D eigenvalue weighted by molar-refractivity contribution is -0.141. The largest absolute Gasteiger partial charge is 0.435 e. The normalized spacial score (nSPS) is 11.5. The molecule has 0 aliphatic rings. The maximum absolute atomic E-state index is 13.3. The van der Waals surface area contributed by atoms with Crippen molar-refractivity contribution in [3.63, 3.8) is 0 Å². The Morgan fingerprint density at radius 2 is 1.92 bits per heavy atom. The minimum Gasteiger partial charge on any atom is -0.274 e. The highest BCUT2D eigenvalue weighted by molar-refractivity contribution is 7.99. The number of thioether (sulfide) groups is 1. The third-order valence-electron chi connectivity index (χ3n) is 3.25. The van der Waals surface area contributed by atoms with Crippen LogP contribution in [0.3, 0.4) is 0 Å². The standard InChI is InChI=1S/C15H11F3N6S/c1-23-9-11(12(22-23)15(16,17)18)13-20-21-14(25-8-7-19)24(13)10-5-3-2-4-6-10/h2-6,9H,8H2,1H3. The van der Waals surface area contributed by atoms with Crippen molar-refractivity contribution < 1.29 is 13.2 Å². The molecule has 25 heavy (non-hydrogen) atoms. The van der Waals surface area contributed by atoms with Gasteiger partial charge in [0, 0.05) is 18.9 Å². The molecule has 0 fully saturated rings. The molecule has 0 aliphatic carbocycles. The summed E-state index contributed by atoms with van der Waals surface area (Å²) in [5.74, 6) is 0.122. The molecule has 0 radical (unpaired) electrons. The molecule has 0 bridgehead atoms. The maximum Gasteiger partial charge on any atom is 0.435 e. The summed E-state index contributed by atoms with van der Waals surface area (Å²) in [4.78, 5) is 0. The van der Waals surface area contributed by atoms with Crippen molar-refractivity contribution in [1.29, 1.82) is 5.26 Å². The summed E-state index contributed by atoms with van der Waals surface area (Å²) in [6.07, 6.45) is -3.37. The molecule has 0 saturated heterocycles. The van der Waals surface area contributed by atoms with Crippen molar-refractivity contribution in [2.24, 2.45) is 7.05 Å². The molecule has 1 aromatic carbocycles. The molecule has 3 rings (SSSR count). The molecule has 2 heterocycles. The van der Waals surface area contributed by atoms with E-state index in [0.717, 1.165) is 16.4 Å². The third-order valence-corrected chi connectivity index (χ3v) is 4.05. The van der Waals surface area contributed by atoms with E-state index < -0.39 is 11.9 Å². The third kappa shape index (κ3) is 3.36. The van der Waals surface area contributed by atoms with Crippen molar-refractivity contribution in [2.45, 2.75) is 11.3 Å². The first-order valence-electron chi connectivity index (χ1n) is 7.03. The predicted molar refractivity (Wildman–Crippen MR) is 84.9 cm³/mol. The summed E-state index contributed by atoms with van der Waals surface area (Å²) in [7, 11) is 1.41. The summed E-state index contributed by atoms with van der Waals surface area (Å²) in [5, 5.41) is 20.5. The lowest BCUT2D eigenvalue weighted by Gasteiger charge is -2.10. The summed E-state index contributed by atoms with van der Waals surface area (Å²) in [6, 6.07) is 10.7. The Balaban J connectivity index is 2.22. The van der Waals surface area contributed by atoms with Gasteiger partial charge >= 0.3 is 6.18 Å². The molecule has 0 saturated carbocycles. The number of nitriles is 1. The van der Waals surface area contributed by atoms with Crippen LogP contribution in [0, 0.1) is 11.3 Å². The molecule has 2 aromatic heterocycles. The molecule has 0 amide bonds. The molecule has 0 atom stereocenters. The first-order valence-corrected chi connectivity index (χ1v) is 8.02. The van der Waals surface area contributed by atoms with Crippen molar-refractivity contribution in [3.05, 3.63) is 42.2 Å². The van der Waals surface area contributed by atoms with Crippen molar-refractivity contribution in [1.82, 2.24) is 24.5 Å².